The Kier molecular flexibility index (Phi) is 4.85. The fraction of sp³-hybridized carbons (Fsp3) is 0.933. The monoisotopic (exact) mass is 267 g/mol. The second kappa shape index (κ2) is 6.23. The Balaban J connectivity index is 1.80. The predicted molar refractivity (Wildman–Crippen MR) is 77.9 cm³/mol. The van der Waals surface area contributed by atoms with Crippen LogP contribution in [0, 0.1) is 5.41 Å². The number of hydrogen-bond acceptors (Lipinski definition) is 3. The molecule has 1 unspecified atom stereocenters. The zero-order valence-electron chi connectivity index (χ0n) is 12.5. The number of likely N-dealkylation sites (N-methyl/N-ethyl adjacent to an activating group) is 1. The molecule has 0 aromatic heterocycles. The van der Waals surface area contributed by atoms with Crippen molar-refractivity contribution >= 4 is 5.91 Å². The first kappa shape index (κ1) is 14.8. The molecule has 1 heterocycles. The Morgan fingerprint density at radius 2 is 2.05 bits per heavy atom. The molecule has 1 amide bonds. The SMILES string of the molecule is CN(C(=O)CN1CCC(C)(CN)C1)C1CCCCC1. The highest BCUT2D eigenvalue weighted by Crippen LogP contribution is 2.28. The molecule has 4 nitrogen and oxygen atoms in total. The van der Waals surface area contributed by atoms with Gasteiger partial charge in [0.1, 0.15) is 0 Å². The van der Waals surface area contributed by atoms with Crippen molar-refractivity contribution in [3.8, 4) is 0 Å². The van der Waals surface area contributed by atoms with Crippen molar-refractivity contribution in [3.63, 3.8) is 0 Å². The summed E-state index contributed by atoms with van der Waals surface area (Å²) < 4.78 is 0. The van der Waals surface area contributed by atoms with Gasteiger partial charge in [-0.25, -0.2) is 0 Å². The van der Waals surface area contributed by atoms with Crippen molar-refractivity contribution in [2.24, 2.45) is 11.1 Å². The van der Waals surface area contributed by atoms with Crippen molar-refractivity contribution in [3.05, 3.63) is 0 Å². The average molecular weight is 267 g/mol. The van der Waals surface area contributed by atoms with Gasteiger partial charge in [-0.15, -0.1) is 0 Å². The molecule has 110 valence electrons. The Hall–Kier alpha value is -0.610. The van der Waals surface area contributed by atoms with Crippen LogP contribution in [-0.2, 0) is 4.79 Å². The summed E-state index contributed by atoms with van der Waals surface area (Å²) in [6.07, 6.45) is 7.36. The van der Waals surface area contributed by atoms with E-state index in [-0.39, 0.29) is 11.3 Å². The van der Waals surface area contributed by atoms with E-state index in [9.17, 15) is 4.79 Å². The van der Waals surface area contributed by atoms with E-state index in [1.165, 1.54) is 32.1 Å². The molecule has 2 aliphatic rings. The Labute approximate surface area is 117 Å². The van der Waals surface area contributed by atoms with Crippen LogP contribution in [0.2, 0.25) is 0 Å². The van der Waals surface area contributed by atoms with E-state index in [4.69, 9.17) is 5.73 Å². The molecular weight excluding hydrogens is 238 g/mol. The number of nitrogens with two attached hydrogens (primary N) is 1. The van der Waals surface area contributed by atoms with Crippen molar-refractivity contribution in [2.45, 2.75) is 51.5 Å². The number of likely N-dealkylation sites (tertiary alicyclic amines) is 1. The molecule has 19 heavy (non-hydrogen) atoms. The van der Waals surface area contributed by atoms with E-state index in [1.54, 1.807) is 0 Å². The molecule has 0 bridgehead atoms. The lowest BCUT2D eigenvalue weighted by Crippen LogP contribution is -2.44. The minimum absolute atomic E-state index is 0.212. The van der Waals surface area contributed by atoms with Crippen LogP contribution in [0.25, 0.3) is 0 Å². The molecule has 1 aliphatic carbocycles. The summed E-state index contributed by atoms with van der Waals surface area (Å²) in [7, 11) is 1.98. The summed E-state index contributed by atoms with van der Waals surface area (Å²) in [4.78, 5) is 16.6. The zero-order chi connectivity index (χ0) is 13.9. The second-order valence-electron chi connectivity index (χ2n) is 6.77. The van der Waals surface area contributed by atoms with Gasteiger partial charge >= 0.3 is 0 Å². The van der Waals surface area contributed by atoms with E-state index >= 15 is 0 Å². The molecule has 0 aromatic carbocycles. The third-order valence-electron chi connectivity index (χ3n) is 5.00. The minimum Gasteiger partial charge on any atom is -0.342 e. The quantitative estimate of drug-likeness (QED) is 0.838. The summed E-state index contributed by atoms with van der Waals surface area (Å²) in [5.74, 6) is 0.285. The standard InChI is InChI=1S/C15H29N3O/c1-15(11-16)8-9-18(12-15)10-14(19)17(2)13-6-4-3-5-7-13/h13H,3-12,16H2,1-2H3. The van der Waals surface area contributed by atoms with Gasteiger partial charge < -0.3 is 10.6 Å². The van der Waals surface area contributed by atoms with Crippen LogP contribution in [0.5, 0.6) is 0 Å². The topological polar surface area (TPSA) is 49.6 Å². The lowest BCUT2D eigenvalue weighted by molar-refractivity contribution is -0.133. The molecule has 1 atom stereocenters. The van der Waals surface area contributed by atoms with Gasteiger partial charge in [-0.3, -0.25) is 9.69 Å². The summed E-state index contributed by atoms with van der Waals surface area (Å²) in [5, 5.41) is 0. The molecule has 2 N–H and O–H groups in total. The minimum atomic E-state index is 0.212. The van der Waals surface area contributed by atoms with E-state index in [1.807, 2.05) is 11.9 Å². The van der Waals surface area contributed by atoms with Gasteiger partial charge in [0, 0.05) is 19.6 Å². The summed E-state index contributed by atoms with van der Waals surface area (Å²) in [5.41, 5.74) is 6.03. The molecule has 4 heteroatoms. The van der Waals surface area contributed by atoms with Gasteiger partial charge in [-0.2, -0.15) is 0 Å². The fourth-order valence-electron chi connectivity index (χ4n) is 3.40. The van der Waals surface area contributed by atoms with Crippen LogP contribution in [0.4, 0.5) is 0 Å². The maximum absolute atomic E-state index is 12.4. The Morgan fingerprint density at radius 1 is 1.37 bits per heavy atom. The average Bonchev–Trinajstić information content (AvgIpc) is 2.81. The van der Waals surface area contributed by atoms with Crippen molar-refractivity contribution in [1.29, 1.82) is 0 Å². The first-order valence-corrected chi connectivity index (χ1v) is 7.72. The lowest BCUT2D eigenvalue weighted by atomic mass is 9.90. The van der Waals surface area contributed by atoms with Gasteiger partial charge in [0.2, 0.25) is 5.91 Å². The highest BCUT2D eigenvalue weighted by Gasteiger charge is 2.34. The van der Waals surface area contributed by atoms with Gasteiger partial charge in [0.15, 0.2) is 0 Å². The van der Waals surface area contributed by atoms with Gasteiger partial charge in [-0.1, -0.05) is 26.2 Å². The number of carbonyl (C=O) groups is 1. The largest absolute Gasteiger partial charge is 0.342 e. The van der Waals surface area contributed by atoms with Crippen LogP contribution >= 0.6 is 0 Å². The smallest absolute Gasteiger partial charge is 0.236 e. The molecule has 1 saturated carbocycles. The number of rotatable bonds is 4. The van der Waals surface area contributed by atoms with Gasteiger partial charge in [0.05, 0.1) is 6.54 Å². The van der Waals surface area contributed by atoms with Crippen LogP contribution in [0.3, 0.4) is 0 Å². The molecule has 1 saturated heterocycles. The summed E-state index contributed by atoms with van der Waals surface area (Å²) >= 11 is 0. The Bertz CT molecular complexity index is 315. The van der Waals surface area contributed by atoms with Crippen LogP contribution < -0.4 is 5.73 Å². The third-order valence-corrected chi connectivity index (χ3v) is 5.00. The summed E-state index contributed by atoms with van der Waals surface area (Å²) in [6.45, 7) is 5.49. The lowest BCUT2D eigenvalue weighted by Gasteiger charge is -2.32. The third kappa shape index (κ3) is 3.69. The number of amides is 1. The molecular formula is C15H29N3O. The summed E-state index contributed by atoms with van der Waals surface area (Å²) in [6, 6.07) is 0.477. The second-order valence-corrected chi connectivity index (χ2v) is 6.77. The van der Waals surface area contributed by atoms with Crippen LogP contribution in [0.15, 0.2) is 0 Å². The van der Waals surface area contributed by atoms with E-state index in [0.717, 1.165) is 26.1 Å². The predicted octanol–water partition coefficient (Wildman–Crippen LogP) is 1.45. The van der Waals surface area contributed by atoms with Crippen molar-refractivity contribution in [2.75, 3.05) is 33.2 Å². The molecule has 2 fully saturated rings. The molecule has 0 aromatic rings. The maximum atomic E-state index is 12.4. The molecule has 0 radical (unpaired) electrons. The first-order chi connectivity index (χ1) is 9.04. The molecule has 1 aliphatic heterocycles. The Morgan fingerprint density at radius 3 is 2.63 bits per heavy atom. The van der Waals surface area contributed by atoms with Crippen molar-refractivity contribution < 1.29 is 4.79 Å². The van der Waals surface area contributed by atoms with Crippen molar-refractivity contribution in [1.82, 2.24) is 9.80 Å². The molecule has 2 rings (SSSR count). The number of carbonyl (C=O) groups excluding carboxylic acids is 1. The normalized spacial score (nSPS) is 29.6. The van der Waals surface area contributed by atoms with E-state index in [0.29, 0.717) is 12.6 Å². The highest BCUT2D eigenvalue weighted by atomic mass is 16.2. The number of hydrogen-bond donors (Lipinski definition) is 1. The maximum Gasteiger partial charge on any atom is 0.236 e. The van der Waals surface area contributed by atoms with Gasteiger partial charge in [-0.05, 0) is 37.8 Å². The van der Waals surface area contributed by atoms with E-state index < -0.39 is 0 Å². The fourth-order valence-corrected chi connectivity index (χ4v) is 3.40. The van der Waals surface area contributed by atoms with Crippen LogP contribution in [-0.4, -0.2) is 55.0 Å². The molecule has 0 spiro atoms. The van der Waals surface area contributed by atoms with Crippen LogP contribution in [0.1, 0.15) is 45.4 Å². The van der Waals surface area contributed by atoms with E-state index in [2.05, 4.69) is 11.8 Å². The zero-order valence-corrected chi connectivity index (χ0v) is 12.5. The number of nitrogens with zero attached hydrogens (tertiary/aromatic N) is 2. The van der Waals surface area contributed by atoms with Gasteiger partial charge in [0.25, 0.3) is 0 Å². The highest BCUT2D eigenvalue weighted by molar-refractivity contribution is 5.78. The first-order valence-electron chi connectivity index (χ1n) is 7.72.